The Morgan fingerprint density at radius 3 is 3.08 bits per heavy atom. The smallest absolute Gasteiger partial charge is 0.0789 e. The van der Waals surface area contributed by atoms with Crippen molar-refractivity contribution in [3.8, 4) is 12.3 Å². The molecular weight excluding hydrogens is 150 g/mol. The van der Waals surface area contributed by atoms with Crippen molar-refractivity contribution in [2.45, 2.75) is 0 Å². The van der Waals surface area contributed by atoms with Gasteiger partial charge < -0.3 is 10.6 Å². The number of aromatic nitrogens is 1. The molecule has 0 unspecified atom stereocenters. The van der Waals surface area contributed by atoms with Crippen LogP contribution in [0.1, 0.15) is 0 Å². The minimum atomic E-state index is 0.550. The third kappa shape index (κ3) is 1.67. The number of hydrogen-bond donors (Lipinski definition) is 1. The third-order valence-corrected chi connectivity index (χ3v) is 1.57. The number of anilines is 2. The highest BCUT2D eigenvalue weighted by molar-refractivity contribution is 5.65. The van der Waals surface area contributed by atoms with E-state index in [2.05, 4.69) is 10.9 Å². The minimum Gasteiger partial charge on any atom is -0.396 e. The van der Waals surface area contributed by atoms with Gasteiger partial charge in [0, 0.05) is 13.2 Å². The van der Waals surface area contributed by atoms with E-state index in [0.717, 1.165) is 5.69 Å². The first kappa shape index (κ1) is 8.41. The molecule has 0 saturated carbocycles. The van der Waals surface area contributed by atoms with Crippen LogP contribution in [0, 0.1) is 12.3 Å². The second-order valence-electron chi connectivity index (χ2n) is 2.49. The van der Waals surface area contributed by atoms with Gasteiger partial charge in [0.05, 0.1) is 24.1 Å². The van der Waals surface area contributed by atoms with Gasteiger partial charge in [-0.15, -0.1) is 6.42 Å². The van der Waals surface area contributed by atoms with Crippen molar-refractivity contribution in [3.05, 3.63) is 18.5 Å². The van der Waals surface area contributed by atoms with E-state index in [0.29, 0.717) is 12.2 Å². The topological polar surface area (TPSA) is 42.2 Å². The second kappa shape index (κ2) is 3.63. The number of rotatable bonds is 2. The molecule has 0 spiro atoms. The average Bonchev–Trinajstić information content (AvgIpc) is 2.05. The zero-order valence-electron chi connectivity index (χ0n) is 6.99. The fourth-order valence-electron chi connectivity index (χ4n) is 0.969. The standard InChI is InChI=1S/C9H11N3/c1-3-6-12(2)9-4-5-11-7-8(9)10/h1,4-5,7H,6,10H2,2H3. The predicted octanol–water partition coefficient (Wildman–Crippen LogP) is 0.733. The van der Waals surface area contributed by atoms with E-state index >= 15 is 0 Å². The van der Waals surface area contributed by atoms with Crippen molar-refractivity contribution in [2.75, 3.05) is 24.2 Å². The van der Waals surface area contributed by atoms with Crippen LogP contribution in [0.4, 0.5) is 11.4 Å². The van der Waals surface area contributed by atoms with Crippen molar-refractivity contribution >= 4 is 11.4 Å². The normalized spacial score (nSPS) is 9.00. The van der Waals surface area contributed by atoms with Crippen LogP contribution in [0.3, 0.4) is 0 Å². The van der Waals surface area contributed by atoms with E-state index in [-0.39, 0.29) is 0 Å². The molecule has 0 aliphatic rings. The van der Waals surface area contributed by atoms with Crippen LogP contribution < -0.4 is 10.6 Å². The molecule has 0 amide bonds. The largest absolute Gasteiger partial charge is 0.396 e. The Balaban J connectivity index is 2.88. The van der Waals surface area contributed by atoms with Gasteiger partial charge in [0.25, 0.3) is 0 Å². The fourth-order valence-corrected chi connectivity index (χ4v) is 0.969. The lowest BCUT2D eigenvalue weighted by Gasteiger charge is -2.17. The summed E-state index contributed by atoms with van der Waals surface area (Å²) in [6.07, 6.45) is 8.48. The first-order valence-electron chi connectivity index (χ1n) is 3.60. The Hall–Kier alpha value is -1.69. The first-order valence-corrected chi connectivity index (χ1v) is 3.60. The van der Waals surface area contributed by atoms with Gasteiger partial charge in [0.15, 0.2) is 0 Å². The van der Waals surface area contributed by atoms with Crippen molar-refractivity contribution < 1.29 is 0 Å². The Labute approximate surface area is 72.2 Å². The molecule has 1 heterocycles. The van der Waals surface area contributed by atoms with Gasteiger partial charge >= 0.3 is 0 Å². The van der Waals surface area contributed by atoms with Gasteiger partial charge in [-0.25, -0.2) is 0 Å². The van der Waals surface area contributed by atoms with Crippen molar-refractivity contribution in [3.63, 3.8) is 0 Å². The number of terminal acetylenes is 1. The SMILES string of the molecule is C#CCN(C)c1ccncc1N. The van der Waals surface area contributed by atoms with Crippen molar-refractivity contribution in [1.29, 1.82) is 0 Å². The van der Waals surface area contributed by atoms with Crippen LogP contribution in [-0.2, 0) is 0 Å². The molecule has 0 bridgehead atoms. The summed E-state index contributed by atoms with van der Waals surface area (Å²) in [6, 6.07) is 1.84. The van der Waals surface area contributed by atoms with Crippen LogP contribution in [0.25, 0.3) is 0 Å². The van der Waals surface area contributed by atoms with Gasteiger partial charge in [-0.3, -0.25) is 4.98 Å². The molecule has 62 valence electrons. The molecule has 1 rings (SSSR count). The molecule has 0 aromatic carbocycles. The molecule has 0 aliphatic carbocycles. The number of nitrogens with two attached hydrogens (primary N) is 1. The predicted molar refractivity (Wildman–Crippen MR) is 50.8 cm³/mol. The summed E-state index contributed by atoms with van der Waals surface area (Å²) in [5, 5.41) is 0. The van der Waals surface area contributed by atoms with Crippen LogP contribution in [0.5, 0.6) is 0 Å². The summed E-state index contributed by atoms with van der Waals surface area (Å²) >= 11 is 0. The summed E-state index contributed by atoms with van der Waals surface area (Å²) in [6.45, 7) is 0.550. The van der Waals surface area contributed by atoms with Gasteiger partial charge in [-0.1, -0.05) is 5.92 Å². The van der Waals surface area contributed by atoms with Crippen molar-refractivity contribution in [1.82, 2.24) is 4.98 Å². The molecule has 1 aromatic rings. The van der Waals surface area contributed by atoms with Crippen LogP contribution in [-0.4, -0.2) is 18.6 Å². The maximum atomic E-state index is 5.68. The minimum absolute atomic E-state index is 0.550. The highest BCUT2D eigenvalue weighted by Gasteiger charge is 2.01. The molecule has 3 heteroatoms. The summed E-state index contributed by atoms with van der Waals surface area (Å²) in [7, 11) is 1.89. The lowest BCUT2D eigenvalue weighted by atomic mass is 10.3. The fraction of sp³-hybridized carbons (Fsp3) is 0.222. The van der Waals surface area contributed by atoms with Crippen LogP contribution in [0.2, 0.25) is 0 Å². The van der Waals surface area contributed by atoms with E-state index in [1.54, 1.807) is 12.4 Å². The number of pyridine rings is 1. The van der Waals surface area contributed by atoms with E-state index in [1.807, 2.05) is 18.0 Å². The first-order chi connectivity index (χ1) is 5.75. The average molecular weight is 161 g/mol. The molecular formula is C9H11N3. The summed E-state index contributed by atoms with van der Waals surface area (Å²) < 4.78 is 0. The molecule has 0 fully saturated rings. The van der Waals surface area contributed by atoms with Gasteiger partial charge in [0.2, 0.25) is 0 Å². The maximum Gasteiger partial charge on any atom is 0.0789 e. The lowest BCUT2D eigenvalue weighted by molar-refractivity contribution is 1.05. The molecule has 12 heavy (non-hydrogen) atoms. The monoisotopic (exact) mass is 161 g/mol. The maximum absolute atomic E-state index is 5.68. The van der Waals surface area contributed by atoms with Crippen LogP contribution >= 0.6 is 0 Å². The Bertz CT molecular complexity index is 301. The molecule has 0 radical (unpaired) electrons. The van der Waals surface area contributed by atoms with Gasteiger partial charge in [-0.2, -0.15) is 0 Å². The Morgan fingerprint density at radius 1 is 1.75 bits per heavy atom. The quantitative estimate of drug-likeness (QED) is 0.650. The van der Waals surface area contributed by atoms with E-state index in [1.165, 1.54) is 0 Å². The molecule has 0 aliphatic heterocycles. The van der Waals surface area contributed by atoms with E-state index < -0.39 is 0 Å². The lowest BCUT2D eigenvalue weighted by Crippen LogP contribution is -2.18. The van der Waals surface area contributed by atoms with E-state index in [4.69, 9.17) is 12.2 Å². The Kier molecular flexibility index (Phi) is 2.54. The highest BCUT2D eigenvalue weighted by atomic mass is 15.1. The number of nitrogens with zero attached hydrogens (tertiary/aromatic N) is 2. The molecule has 3 nitrogen and oxygen atoms in total. The number of nitrogen functional groups attached to an aromatic ring is 1. The summed E-state index contributed by atoms with van der Waals surface area (Å²) in [4.78, 5) is 5.78. The molecule has 0 atom stereocenters. The zero-order valence-corrected chi connectivity index (χ0v) is 6.99. The second-order valence-corrected chi connectivity index (χ2v) is 2.49. The summed E-state index contributed by atoms with van der Waals surface area (Å²) in [5.74, 6) is 2.54. The molecule has 1 aromatic heterocycles. The third-order valence-electron chi connectivity index (χ3n) is 1.57. The highest BCUT2D eigenvalue weighted by Crippen LogP contribution is 2.18. The zero-order chi connectivity index (χ0) is 8.97. The van der Waals surface area contributed by atoms with Crippen LogP contribution in [0.15, 0.2) is 18.5 Å². The molecule has 0 saturated heterocycles. The van der Waals surface area contributed by atoms with E-state index in [9.17, 15) is 0 Å². The van der Waals surface area contributed by atoms with Gasteiger partial charge in [-0.05, 0) is 6.07 Å². The Morgan fingerprint density at radius 2 is 2.50 bits per heavy atom. The molecule has 2 N–H and O–H groups in total. The number of hydrogen-bond acceptors (Lipinski definition) is 3. The van der Waals surface area contributed by atoms with Crippen molar-refractivity contribution in [2.24, 2.45) is 0 Å². The van der Waals surface area contributed by atoms with Gasteiger partial charge in [0.1, 0.15) is 0 Å². The summed E-state index contributed by atoms with van der Waals surface area (Å²) in [5.41, 5.74) is 7.25.